The van der Waals surface area contributed by atoms with Crippen LogP contribution in [-0.2, 0) is 6.54 Å². The van der Waals surface area contributed by atoms with Gasteiger partial charge in [0.15, 0.2) is 0 Å². The Morgan fingerprint density at radius 3 is 2.53 bits per heavy atom. The molecule has 0 aliphatic heterocycles. The van der Waals surface area contributed by atoms with Crippen molar-refractivity contribution in [3.8, 4) is 0 Å². The number of aromatic nitrogens is 1. The number of nitrogens with one attached hydrogen (secondary N) is 1. The lowest BCUT2D eigenvalue weighted by molar-refractivity contribution is 0.0949. The molecule has 1 aromatic heterocycles. The molecular weight excluding hydrogens is 250 g/mol. The van der Waals surface area contributed by atoms with Crippen LogP contribution in [0.2, 0.25) is 0 Å². The molecule has 3 nitrogen and oxygen atoms in total. The summed E-state index contributed by atoms with van der Waals surface area (Å²) in [4.78, 5) is 15.9. The first-order valence-electron chi connectivity index (χ1n) is 5.71. The minimum absolute atomic E-state index is 0.0508. The average Bonchev–Trinajstić information content (AvgIpc) is 2.35. The molecule has 2 rings (SSSR count). The maximum Gasteiger partial charge on any atom is 0.251 e. The fraction of sp³-hybridized carbons (Fsp3) is 0.143. The number of hydrogen-bond acceptors (Lipinski definition) is 2. The Morgan fingerprint density at radius 1 is 1.21 bits per heavy atom. The molecule has 0 aliphatic carbocycles. The SMILES string of the molecule is Cc1cccc(CNC(=O)c2cc(F)cc(F)c2)n1. The molecule has 19 heavy (non-hydrogen) atoms. The van der Waals surface area contributed by atoms with Crippen LogP contribution in [0.1, 0.15) is 21.7 Å². The van der Waals surface area contributed by atoms with Crippen LogP contribution in [0.15, 0.2) is 36.4 Å². The zero-order valence-electron chi connectivity index (χ0n) is 10.3. The molecule has 0 radical (unpaired) electrons. The van der Waals surface area contributed by atoms with Crippen LogP contribution in [0.3, 0.4) is 0 Å². The molecule has 98 valence electrons. The van der Waals surface area contributed by atoms with E-state index in [1.54, 1.807) is 6.07 Å². The molecule has 2 aromatic rings. The van der Waals surface area contributed by atoms with E-state index in [0.29, 0.717) is 5.69 Å². The van der Waals surface area contributed by atoms with Gasteiger partial charge in [0, 0.05) is 17.3 Å². The zero-order chi connectivity index (χ0) is 13.8. The van der Waals surface area contributed by atoms with E-state index in [1.807, 2.05) is 19.1 Å². The van der Waals surface area contributed by atoms with Crippen molar-refractivity contribution >= 4 is 5.91 Å². The number of benzene rings is 1. The summed E-state index contributed by atoms with van der Waals surface area (Å²) in [6.07, 6.45) is 0. The average molecular weight is 262 g/mol. The molecule has 0 bridgehead atoms. The highest BCUT2D eigenvalue weighted by Crippen LogP contribution is 2.08. The third-order valence-electron chi connectivity index (χ3n) is 2.50. The predicted octanol–water partition coefficient (Wildman–Crippen LogP) is 2.60. The third kappa shape index (κ3) is 3.58. The first-order chi connectivity index (χ1) is 9.04. The van der Waals surface area contributed by atoms with Crippen LogP contribution in [0.5, 0.6) is 0 Å². The molecule has 1 aromatic carbocycles. The van der Waals surface area contributed by atoms with Gasteiger partial charge >= 0.3 is 0 Å². The van der Waals surface area contributed by atoms with E-state index in [0.717, 1.165) is 23.9 Å². The van der Waals surface area contributed by atoms with Gasteiger partial charge in [0.25, 0.3) is 5.91 Å². The number of carbonyl (C=O) groups excluding carboxylic acids is 1. The molecule has 1 heterocycles. The summed E-state index contributed by atoms with van der Waals surface area (Å²) in [7, 11) is 0. The predicted molar refractivity (Wildman–Crippen MR) is 66.5 cm³/mol. The van der Waals surface area contributed by atoms with Crippen LogP contribution < -0.4 is 5.32 Å². The maximum absolute atomic E-state index is 13.0. The van der Waals surface area contributed by atoms with Crippen molar-refractivity contribution in [3.05, 3.63) is 65.0 Å². The van der Waals surface area contributed by atoms with E-state index in [-0.39, 0.29) is 12.1 Å². The van der Waals surface area contributed by atoms with Gasteiger partial charge < -0.3 is 5.32 Å². The minimum atomic E-state index is -0.779. The van der Waals surface area contributed by atoms with Crippen LogP contribution in [0.4, 0.5) is 8.78 Å². The van der Waals surface area contributed by atoms with Gasteiger partial charge in [0.1, 0.15) is 11.6 Å². The van der Waals surface area contributed by atoms with Crippen molar-refractivity contribution in [2.24, 2.45) is 0 Å². The lowest BCUT2D eigenvalue weighted by atomic mass is 10.2. The molecule has 1 N–H and O–H groups in total. The fourth-order valence-corrected chi connectivity index (χ4v) is 1.66. The molecule has 0 fully saturated rings. The first-order valence-corrected chi connectivity index (χ1v) is 5.71. The van der Waals surface area contributed by atoms with Crippen molar-refractivity contribution in [3.63, 3.8) is 0 Å². The third-order valence-corrected chi connectivity index (χ3v) is 2.50. The number of amides is 1. The van der Waals surface area contributed by atoms with Crippen LogP contribution in [0, 0.1) is 18.6 Å². The van der Waals surface area contributed by atoms with Crippen molar-refractivity contribution in [1.29, 1.82) is 0 Å². The summed E-state index contributed by atoms with van der Waals surface area (Å²) in [5, 5.41) is 2.56. The number of carbonyl (C=O) groups is 1. The van der Waals surface area contributed by atoms with Crippen LogP contribution >= 0.6 is 0 Å². The van der Waals surface area contributed by atoms with Gasteiger partial charge in [-0.05, 0) is 31.2 Å². The molecule has 0 aliphatic rings. The van der Waals surface area contributed by atoms with Crippen molar-refractivity contribution < 1.29 is 13.6 Å². The van der Waals surface area contributed by atoms with Gasteiger partial charge in [-0.2, -0.15) is 0 Å². The summed E-state index contributed by atoms with van der Waals surface area (Å²) >= 11 is 0. The second-order valence-electron chi connectivity index (χ2n) is 4.11. The minimum Gasteiger partial charge on any atom is -0.346 e. The van der Waals surface area contributed by atoms with Crippen molar-refractivity contribution in [1.82, 2.24) is 10.3 Å². The molecule has 0 spiro atoms. The zero-order valence-corrected chi connectivity index (χ0v) is 10.3. The highest BCUT2D eigenvalue weighted by Gasteiger charge is 2.09. The Bertz CT molecular complexity index is 594. The monoisotopic (exact) mass is 262 g/mol. The number of nitrogens with zero attached hydrogens (tertiary/aromatic N) is 1. The highest BCUT2D eigenvalue weighted by molar-refractivity contribution is 5.94. The van der Waals surface area contributed by atoms with E-state index in [4.69, 9.17) is 0 Å². The quantitative estimate of drug-likeness (QED) is 0.923. The Labute approximate surface area is 109 Å². The van der Waals surface area contributed by atoms with Crippen molar-refractivity contribution in [2.75, 3.05) is 0 Å². The Morgan fingerprint density at radius 2 is 1.89 bits per heavy atom. The number of rotatable bonds is 3. The number of halogens is 2. The molecule has 0 saturated carbocycles. The van der Waals surface area contributed by atoms with Gasteiger partial charge in [-0.1, -0.05) is 6.07 Å². The molecule has 5 heteroatoms. The van der Waals surface area contributed by atoms with Crippen LogP contribution in [-0.4, -0.2) is 10.9 Å². The second-order valence-corrected chi connectivity index (χ2v) is 4.11. The first kappa shape index (κ1) is 13.1. The van der Waals surface area contributed by atoms with Gasteiger partial charge in [0.05, 0.1) is 12.2 Å². The van der Waals surface area contributed by atoms with Gasteiger partial charge in [-0.25, -0.2) is 8.78 Å². The molecule has 1 amide bonds. The Kier molecular flexibility index (Phi) is 3.85. The normalized spacial score (nSPS) is 10.3. The molecule has 0 atom stereocenters. The van der Waals surface area contributed by atoms with Crippen LogP contribution in [0.25, 0.3) is 0 Å². The molecule has 0 unspecified atom stereocenters. The lowest BCUT2D eigenvalue weighted by Gasteiger charge is -2.06. The van der Waals surface area contributed by atoms with E-state index >= 15 is 0 Å². The second kappa shape index (κ2) is 5.56. The smallest absolute Gasteiger partial charge is 0.251 e. The number of aryl methyl sites for hydroxylation is 1. The largest absolute Gasteiger partial charge is 0.346 e. The Balaban J connectivity index is 2.05. The highest BCUT2D eigenvalue weighted by atomic mass is 19.1. The van der Waals surface area contributed by atoms with E-state index in [1.165, 1.54) is 0 Å². The number of hydrogen-bond donors (Lipinski definition) is 1. The summed E-state index contributed by atoms with van der Waals surface area (Å²) in [5.74, 6) is -2.10. The summed E-state index contributed by atoms with van der Waals surface area (Å²) < 4.78 is 25.9. The molecular formula is C14H12F2N2O. The van der Waals surface area contributed by atoms with Gasteiger partial charge in [-0.15, -0.1) is 0 Å². The summed E-state index contributed by atoms with van der Waals surface area (Å²) in [6, 6.07) is 8.13. The summed E-state index contributed by atoms with van der Waals surface area (Å²) in [5.41, 5.74) is 1.47. The fourth-order valence-electron chi connectivity index (χ4n) is 1.66. The summed E-state index contributed by atoms with van der Waals surface area (Å²) in [6.45, 7) is 2.05. The van der Waals surface area contributed by atoms with E-state index < -0.39 is 17.5 Å². The van der Waals surface area contributed by atoms with Gasteiger partial charge in [0.2, 0.25) is 0 Å². The number of pyridine rings is 1. The van der Waals surface area contributed by atoms with Crippen molar-refractivity contribution in [2.45, 2.75) is 13.5 Å². The molecule has 0 saturated heterocycles. The Hall–Kier alpha value is -2.30. The topological polar surface area (TPSA) is 42.0 Å². The van der Waals surface area contributed by atoms with E-state index in [2.05, 4.69) is 10.3 Å². The van der Waals surface area contributed by atoms with E-state index in [9.17, 15) is 13.6 Å². The lowest BCUT2D eigenvalue weighted by Crippen LogP contribution is -2.23. The standard InChI is InChI=1S/C14H12F2N2O/c1-9-3-2-4-13(18-9)8-17-14(19)10-5-11(15)7-12(16)6-10/h2-7H,8H2,1H3,(H,17,19). The van der Waals surface area contributed by atoms with Gasteiger partial charge in [-0.3, -0.25) is 9.78 Å². The maximum atomic E-state index is 13.0.